The van der Waals surface area contributed by atoms with Crippen molar-refractivity contribution in [2.45, 2.75) is 74.7 Å². The molecule has 1 unspecified atom stereocenters. The van der Waals surface area contributed by atoms with E-state index in [0.717, 1.165) is 54.4 Å². The molecule has 224 valence electrons. The maximum absolute atomic E-state index is 7.19. The number of methoxy groups -OCH3 is 2. The number of rotatable bonds is 8. The lowest BCUT2D eigenvalue weighted by Crippen LogP contribution is -2.83. The summed E-state index contributed by atoms with van der Waals surface area (Å²) in [6.45, 7) is 3.78. The van der Waals surface area contributed by atoms with Gasteiger partial charge in [0, 0.05) is 54.4 Å². The third kappa shape index (κ3) is 3.14. The van der Waals surface area contributed by atoms with Gasteiger partial charge in [-0.25, -0.2) is 0 Å². The smallest absolute Gasteiger partial charge is 0.231 e. The molecule has 3 heterocycles. The Morgan fingerprint density at radius 3 is 2.69 bits per heavy atom. The predicted molar refractivity (Wildman–Crippen MR) is 157 cm³/mol. The van der Waals surface area contributed by atoms with Crippen molar-refractivity contribution in [2.24, 2.45) is 17.3 Å². The van der Waals surface area contributed by atoms with Crippen molar-refractivity contribution in [1.29, 1.82) is 0 Å². The number of piperidine rings is 1. The van der Waals surface area contributed by atoms with E-state index in [1.807, 2.05) is 19.2 Å². The van der Waals surface area contributed by atoms with E-state index in [0.29, 0.717) is 30.0 Å². The van der Waals surface area contributed by atoms with Crippen LogP contribution in [0.15, 0.2) is 24.3 Å². The standard InChI is InChI=1S/C34H41ClNO6/c1-36(16-20-4-5-20)11-10-33-29-21-6-7-25(37-2)30(29)42-31(33)34(38-3)9-8-32(33,28(36)13-21)15-23(34)18-39-17-22-12-26-27(14-24(22)35)41-19-40-26/h6-7,12,14,20,23,28,31H,4-5,8-11,13,15-19H2,1-3H3/q+1/t23-,28-,31-,32-,33+,34-,36?/m1/s1. The minimum Gasteiger partial charge on any atom is -0.493 e. The van der Waals surface area contributed by atoms with E-state index in [4.69, 9.17) is 40.0 Å². The molecule has 3 aliphatic heterocycles. The molecule has 5 aliphatic carbocycles. The molecule has 7 atom stereocenters. The van der Waals surface area contributed by atoms with Gasteiger partial charge >= 0.3 is 0 Å². The zero-order valence-electron chi connectivity index (χ0n) is 24.9. The fourth-order valence-corrected chi connectivity index (χ4v) is 11.2. The van der Waals surface area contributed by atoms with Crippen LogP contribution in [0, 0.1) is 17.3 Å². The number of halogens is 1. The Balaban J connectivity index is 1.11. The number of fused-ring (bicyclic) bond motifs is 3. The zero-order chi connectivity index (χ0) is 28.5. The molecule has 0 aromatic heterocycles. The van der Waals surface area contributed by atoms with Crippen LogP contribution in [0.1, 0.15) is 55.2 Å². The molecule has 2 aromatic carbocycles. The van der Waals surface area contributed by atoms with E-state index in [1.165, 1.54) is 48.0 Å². The number of ether oxygens (including phenoxy) is 6. The molecular formula is C34H41ClNO6+. The number of likely N-dealkylation sites (tertiary alicyclic amines) is 1. The summed E-state index contributed by atoms with van der Waals surface area (Å²) in [6, 6.07) is 8.84. The maximum atomic E-state index is 7.19. The molecule has 8 heteroatoms. The van der Waals surface area contributed by atoms with Gasteiger partial charge in [-0.05, 0) is 49.8 Å². The molecule has 4 saturated carbocycles. The van der Waals surface area contributed by atoms with Crippen LogP contribution in [0.4, 0.5) is 0 Å². The van der Waals surface area contributed by atoms with Gasteiger partial charge in [-0.2, -0.15) is 0 Å². The number of quaternary nitrogens is 1. The Hall–Kier alpha value is -2.19. The zero-order valence-corrected chi connectivity index (χ0v) is 25.6. The topological polar surface area (TPSA) is 55.4 Å². The molecule has 2 spiro atoms. The molecule has 5 fully saturated rings. The van der Waals surface area contributed by atoms with E-state index in [2.05, 4.69) is 19.2 Å². The number of hydrogen-bond donors (Lipinski definition) is 0. The van der Waals surface area contributed by atoms with Gasteiger partial charge in [0.1, 0.15) is 11.7 Å². The quantitative estimate of drug-likeness (QED) is 0.368. The number of likely N-dealkylation sites (N-methyl/N-ethyl adjacent to an activating group) is 1. The number of benzene rings is 2. The Bertz CT molecular complexity index is 1480. The molecule has 0 amide bonds. The second-order valence-corrected chi connectivity index (χ2v) is 14.8. The van der Waals surface area contributed by atoms with E-state index < -0.39 is 5.60 Å². The average molecular weight is 595 g/mol. The van der Waals surface area contributed by atoms with Crippen molar-refractivity contribution in [3.05, 3.63) is 46.0 Å². The molecule has 42 heavy (non-hydrogen) atoms. The summed E-state index contributed by atoms with van der Waals surface area (Å²) in [5, 5.41) is 0.646. The molecule has 4 bridgehead atoms. The monoisotopic (exact) mass is 594 g/mol. The Morgan fingerprint density at radius 1 is 1.07 bits per heavy atom. The Labute approximate surface area is 252 Å². The van der Waals surface area contributed by atoms with Crippen LogP contribution < -0.4 is 18.9 Å². The first-order valence-corrected chi connectivity index (χ1v) is 16.2. The van der Waals surface area contributed by atoms with Gasteiger partial charge in [0.25, 0.3) is 0 Å². The van der Waals surface area contributed by atoms with Crippen LogP contribution in [-0.4, -0.2) is 70.0 Å². The van der Waals surface area contributed by atoms with Crippen molar-refractivity contribution in [3.8, 4) is 23.0 Å². The highest BCUT2D eigenvalue weighted by molar-refractivity contribution is 6.31. The maximum Gasteiger partial charge on any atom is 0.231 e. The van der Waals surface area contributed by atoms with Gasteiger partial charge in [0.15, 0.2) is 23.0 Å². The summed E-state index contributed by atoms with van der Waals surface area (Å²) in [6.07, 6.45) is 8.31. The molecule has 0 radical (unpaired) electrons. The minimum atomic E-state index is -0.416. The van der Waals surface area contributed by atoms with Crippen molar-refractivity contribution in [3.63, 3.8) is 0 Å². The SMILES string of the molecule is COc1ccc2c3c1O[C@H]1[C@@]4(OC)CC[C@@]5(C[C@@H]4COCc4cc6c(cc4Cl)OCO6)[C@@H](C2)[N+](C)(CC2CC2)CC[C@]315. The number of hydrogen-bond acceptors (Lipinski definition) is 6. The van der Waals surface area contributed by atoms with Crippen LogP contribution in [0.5, 0.6) is 23.0 Å². The first-order valence-electron chi connectivity index (χ1n) is 15.8. The summed E-state index contributed by atoms with van der Waals surface area (Å²) in [5.74, 6) is 4.38. The fraction of sp³-hybridized carbons (Fsp3) is 0.647. The Kier molecular flexibility index (Phi) is 5.44. The minimum absolute atomic E-state index is 0.0391. The first kappa shape index (κ1) is 26.2. The van der Waals surface area contributed by atoms with Crippen LogP contribution in [0.2, 0.25) is 5.02 Å². The normalized spacial score (nSPS) is 39.7. The molecule has 7 nitrogen and oxygen atoms in total. The van der Waals surface area contributed by atoms with Gasteiger partial charge in [-0.3, -0.25) is 0 Å². The summed E-state index contributed by atoms with van der Waals surface area (Å²) < 4.78 is 38.7. The van der Waals surface area contributed by atoms with Gasteiger partial charge in [-0.15, -0.1) is 0 Å². The molecule has 8 aliphatic rings. The van der Waals surface area contributed by atoms with Crippen LogP contribution in [-0.2, 0) is 27.9 Å². The van der Waals surface area contributed by atoms with E-state index in [-0.39, 0.29) is 29.6 Å². The highest BCUT2D eigenvalue weighted by atomic mass is 35.5. The molecule has 0 N–H and O–H groups in total. The van der Waals surface area contributed by atoms with Gasteiger partial charge in [0.2, 0.25) is 6.79 Å². The van der Waals surface area contributed by atoms with Gasteiger partial charge in [-0.1, -0.05) is 17.7 Å². The largest absolute Gasteiger partial charge is 0.493 e. The van der Waals surface area contributed by atoms with Crippen molar-refractivity contribution < 1.29 is 32.9 Å². The summed E-state index contributed by atoms with van der Waals surface area (Å²) >= 11 is 6.62. The molecule has 10 rings (SSSR count). The lowest BCUT2D eigenvalue weighted by atomic mass is 9.34. The van der Waals surface area contributed by atoms with Crippen molar-refractivity contribution in [1.82, 2.24) is 0 Å². The summed E-state index contributed by atoms with van der Waals surface area (Å²) in [4.78, 5) is 0. The van der Waals surface area contributed by atoms with E-state index in [9.17, 15) is 0 Å². The van der Waals surface area contributed by atoms with Crippen LogP contribution in [0.25, 0.3) is 0 Å². The van der Waals surface area contributed by atoms with Crippen molar-refractivity contribution in [2.75, 3.05) is 47.8 Å². The third-order valence-corrected chi connectivity index (χ3v) is 13.2. The average Bonchev–Trinajstić information content (AvgIpc) is 3.54. The van der Waals surface area contributed by atoms with Gasteiger partial charge in [0.05, 0.1) is 56.9 Å². The second-order valence-electron chi connectivity index (χ2n) is 14.4. The molecule has 1 saturated heterocycles. The second kappa shape index (κ2) is 8.71. The predicted octanol–water partition coefficient (Wildman–Crippen LogP) is 5.66. The first-order chi connectivity index (χ1) is 20.4. The van der Waals surface area contributed by atoms with E-state index in [1.54, 1.807) is 7.11 Å². The lowest BCUT2D eigenvalue weighted by Gasteiger charge is -2.74. The highest BCUT2D eigenvalue weighted by Crippen LogP contribution is 2.77. The van der Waals surface area contributed by atoms with E-state index >= 15 is 0 Å². The summed E-state index contributed by atoms with van der Waals surface area (Å²) in [7, 11) is 6.24. The molecular weight excluding hydrogens is 554 g/mol. The number of nitrogens with zero attached hydrogens (tertiary/aromatic N) is 1. The van der Waals surface area contributed by atoms with Crippen LogP contribution in [0.3, 0.4) is 0 Å². The van der Waals surface area contributed by atoms with Crippen LogP contribution >= 0.6 is 11.6 Å². The summed E-state index contributed by atoms with van der Waals surface area (Å²) in [5.41, 5.74) is 3.55. The fourth-order valence-electron chi connectivity index (χ4n) is 11.0. The van der Waals surface area contributed by atoms with Crippen molar-refractivity contribution >= 4 is 11.6 Å². The third-order valence-electron chi connectivity index (χ3n) is 12.8. The lowest BCUT2D eigenvalue weighted by molar-refractivity contribution is -0.952. The Morgan fingerprint density at radius 2 is 1.90 bits per heavy atom. The molecule has 2 aromatic rings. The highest BCUT2D eigenvalue weighted by Gasteiger charge is 2.83. The van der Waals surface area contributed by atoms with Gasteiger partial charge < -0.3 is 32.9 Å².